The zero-order chi connectivity index (χ0) is 16.4. The van der Waals surface area contributed by atoms with E-state index in [0.29, 0.717) is 10.7 Å². The molecule has 0 radical (unpaired) electrons. The standard InChI is InChI=1S/C19H13N3OS/c23-18(16-9-3-6-13-5-1-2-8-15(13)16)22-19-21-17(12-24-19)14-7-4-10-20-11-14/h1-12H,(H,21,22,23). The molecule has 0 saturated heterocycles. The lowest BCUT2D eigenvalue weighted by Crippen LogP contribution is -2.12. The van der Waals surface area contributed by atoms with Crippen LogP contribution in [0.1, 0.15) is 10.4 Å². The number of anilines is 1. The van der Waals surface area contributed by atoms with Crippen LogP contribution in [-0.2, 0) is 0 Å². The predicted molar refractivity (Wildman–Crippen MR) is 97.2 cm³/mol. The monoisotopic (exact) mass is 331 g/mol. The number of amides is 1. The molecule has 0 spiro atoms. The van der Waals surface area contributed by atoms with Gasteiger partial charge in [-0.25, -0.2) is 4.98 Å². The first kappa shape index (κ1) is 14.5. The number of pyridine rings is 1. The molecule has 0 bridgehead atoms. The van der Waals surface area contributed by atoms with Crippen LogP contribution in [0.5, 0.6) is 0 Å². The molecule has 0 atom stereocenters. The fourth-order valence-corrected chi connectivity index (χ4v) is 3.28. The SMILES string of the molecule is O=C(Nc1nc(-c2cccnc2)cs1)c1cccc2ccccc12. The Balaban J connectivity index is 1.61. The quantitative estimate of drug-likeness (QED) is 0.596. The number of fused-ring (bicyclic) bond motifs is 1. The molecule has 0 fully saturated rings. The number of hydrogen-bond donors (Lipinski definition) is 1. The molecular formula is C19H13N3OS. The van der Waals surface area contributed by atoms with Crippen LogP contribution in [-0.4, -0.2) is 15.9 Å². The molecule has 1 amide bonds. The van der Waals surface area contributed by atoms with Gasteiger partial charge in [0.1, 0.15) is 0 Å². The average molecular weight is 331 g/mol. The van der Waals surface area contributed by atoms with Crippen molar-refractivity contribution in [2.45, 2.75) is 0 Å². The van der Waals surface area contributed by atoms with E-state index >= 15 is 0 Å². The average Bonchev–Trinajstić information content (AvgIpc) is 3.10. The van der Waals surface area contributed by atoms with E-state index in [1.807, 2.05) is 60.0 Å². The topological polar surface area (TPSA) is 54.9 Å². The van der Waals surface area contributed by atoms with E-state index in [-0.39, 0.29) is 5.91 Å². The minimum absolute atomic E-state index is 0.154. The third-order valence-electron chi connectivity index (χ3n) is 3.72. The van der Waals surface area contributed by atoms with E-state index in [2.05, 4.69) is 15.3 Å². The molecule has 0 aliphatic heterocycles. The first-order valence-corrected chi connectivity index (χ1v) is 8.34. The van der Waals surface area contributed by atoms with Crippen LogP contribution in [0.4, 0.5) is 5.13 Å². The highest BCUT2D eigenvalue weighted by atomic mass is 32.1. The van der Waals surface area contributed by atoms with Crippen LogP contribution in [0.3, 0.4) is 0 Å². The smallest absolute Gasteiger partial charge is 0.258 e. The Morgan fingerprint density at radius 1 is 1.00 bits per heavy atom. The number of nitrogens with zero attached hydrogens (tertiary/aromatic N) is 2. The lowest BCUT2D eigenvalue weighted by molar-refractivity contribution is 0.102. The lowest BCUT2D eigenvalue weighted by atomic mass is 10.0. The van der Waals surface area contributed by atoms with E-state index in [9.17, 15) is 4.79 Å². The Bertz CT molecular complexity index is 1010. The van der Waals surface area contributed by atoms with E-state index < -0.39 is 0 Å². The number of aromatic nitrogens is 2. The lowest BCUT2D eigenvalue weighted by Gasteiger charge is -2.06. The number of rotatable bonds is 3. The number of thiazole rings is 1. The van der Waals surface area contributed by atoms with Gasteiger partial charge in [-0.3, -0.25) is 15.1 Å². The van der Waals surface area contributed by atoms with Gasteiger partial charge in [0.2, 0.25) is 0 Å². The molecule has 0 aliphatic rings. The Morgan fingerprint density at radius 3 is 2.75 bits per heavy atom. The normalized spacial score (nSPS) is 10.7. The van der Waals surface area contributed by atoms with Gasteiger partial charge >= 0.3 is 0 Å². The van der Waals surface area contributed by atoms with E-state index in [1.165, 1.54) is 11.3 Å². The van der Waals surface area contributed by atoms with Gasteiger partial charge in [0.15, 0.2) is 5.13 Å². The van der Waals surface area contributed by atoms with Crippen molar-refractivity contribution in [1.29, 1.82) is 0 Å². The minimum atomic E-state index is -0.154. The van der Waals surface area contributed by atoms with Crippen molar-refractivity contribution in [2.24, 2.45) is 0 Å². The van der Waals surface area contributed by atoms with Gasteiger partial charge in [0, 0.05) is 28.9 Å². The highest BCUT2D eigenvalue weighted by molar-refractivity contribution is 7.14. The highest BCUT2D eigenvalue weighted by Gasteiger charge is 2.12. The second-order valence-electron chi connectivity index (χ2n) is 5.26. The molecule has 116 valence electrons. The van der Waals surface area contributed by atoms with Gasteiger partial charge in [-0.15, -0.1) is 11.3 Å². The van der Waals surface area contributed by atoms with Gasteiger partial charge in [-0.05, 0) is 29.0 Å². The second-order valence-corrected chi connectivity index (χ2v) is 6.12. The molecule has 4 rings (SSSR count). The Kier molecular flexibility index (Phi) is 3.76. The molecule has 0 unspecified atom stereocenters. The summed E-state index contributed by atoms with van der Waals surface area (Å²) in [7, 11) is 0. The molecule has 2 aromatic heterocycles. The molecule has 1 N–H and O–H groups in total. The Hall–Kier alpha value is -3.05. The predicted octanol–water partition coefficient (Wildman–Crippen LogP) is 4.61. The second kappa shape index (κ2) is 6.22. The van der Waals surface area contributed by atoms with Gasteiger partial charge in [0.05, 0.1) is 5.69 Å². The zero-order valence-electron chi connectivity index (χ0n) is 12.6. The molecule has 5 heteroatoms. The summed E-state index contributed by atoms with van der Waals surface area (Å²) in [5.41, 5.74) is 2.38. The van der Waals surface area contributed by atoms with Crippen LogP contribution in [0.15, 0.2) is 72.4 Å². The van der Waals surface area contributed by atoms with Crippen molar-refractivity contribution < 1.29 is 4.79 Å². The Labute approximate surface area is 142 Å². The number of carbonyl (C=O) groups excluding carboxylic acids is 1. The van der Waals surface area contributed by atoms with Gasteiger partial charge in [-0.1, -0.05) is 36.4 Å². The Morgan fingerprint density at radius 2 is 1.88 bits per heavy atom. The van der Waals surface area contributed by atoms with Crippen molar-refractivity contribution >= 4 is 33.1 Å². The van der Waals surface area contributed by atoms with Crippen molar-refractivity contribution in [3.63, 3.8) is 0 Å². The van der Waals surface area contributed by atoms with E-state index in [0.717, 1.165) is 22.0 Å². The molecular weight excluding hydrogens is 318 g/mol. The summed E-state index contributed by atoms with van der Waals surface area (Å²) in [6, 6.07) is 17.4. The van der Waals surface area contributed by atoms with E-state index in [1.54, 1.807) is 12.4 Å². The molecule has 4 aromatic rings. The molecule has 2 heterocycles. The summed E-state index contributed by atoms with van der Waals surface area (Å²) in [5, 5.41) is 7.35. The van der Waals surface area contributed by atoms with Gasteiger partial charge in [0.25, 0.3) is 5.91 Å². The molecule has 2 aromatic carbocycles. The largest absolute Gasteiger partial charge is 0.298 e. The zero-order valence-corrected chi connectivity index (χ0v) is 13.5. The minimum Gasteiger partial charge on any atom is -0.298 e. The fourth-order valence-electron chi connectivity index (χ4n) is 2.57. The maximum atomic E-state index is 12.6. The number of hydrogen-bond acceptors (Lipinski definition) is 4. The highest BCUT2D eigenvalue weighted by Crippen LogP contribution is 2.25. The summed E-state index contributed by atoms with van der Waals surface area (Å²) >= 11 is 1.40. The van der Waals surface area contributed by atoms with Crippen LogP contribution >= 0.6 is 11.3 Å². The van der Waals surface area contributed by atoms with Crippen LogP contribution in [0.2, 0.25) is 0 Å². The van der Waals surface area contributed by atoms with E-state index in [4.69, 9.17) is 0 Å². The third-order valence-corrected chi connectivity index (χ3v) is 4.47. The van der Waals surface area contributed by atoms with Crippen molar-refractivity contribution in [3.8, 4) is 11.3 Å². The van der Waals surface area contributed by atoms with Crippen LogP contribution < -0.4 is 5.32 Å². The van der Waals surface area contributed by atoms with Crippen LogP contribution in [0, 0.1) is 0 Å². The first-order valence-electron chi connectivity index (χ1n) is 7.46. The third kappa shape index (κ3) is 2.77. The number of carbonyl (C=O) groups is 1. The summed E-state index contributed by atoms with van der Waals surface area (Å²) in [6.07, 6.45) is 3.48. The first-order chi connectivity index (χ1) is 11.8. The van der Waals surface area contributed by atoms with Gasteiger partial charge < -0.3 is 0 Å². The number of nitrogens with one attached hydrogen (secondary N) is 1. The van der Waals surface area contributed by atoms with Crippen molar-refractivity contribution in [2.75, 3.05) is 5.32 Å². The molecule has 0 saturated carbocycles. The van der Waals surface area contributed by atoms with Gasteiger partial charge in [-0.2, -0.15) is 0 Å². The summed E-state index contributed by atoms with van der Waals surface area (Å²) in [5.74, 6) is -0.154. The van der Waals surface area contributed by atoms with Crippen molar-refractivity contribution in [1.82, 2.24) is 9.97 Å². The van der Waals surface area contributed by atoms with Crippen LogP contribution in [0.25, 0.3) is 22.0 Å². The summed E-state index contributed by atoms with van der Waals surface area (Å²) in [6.45, 7) is 0. The summed E-state index contributed by atoms with van der Waals surface area (Å²) < 4.78 is 0. The molecule has 0 aliphatic carbocycles. The molecule has 24 heavy (non-hydrogen) atoms. The van der Waals surface area contributed by atoms with Crippen molar-refractivity contribution in [3.05, 3.63) is 77.9 Å². The maximum absolute atomic E-state index is 12.6. The number of benzene rings is 2. The fraction of sp³-hybridized carbons (Fsp3) is 0. The molecule has 4 nitrogen and oxygen atoms in total. The summed E-state index contributed by atoms with van der Waals surface area (Å²) in [4.78, 5) is 21.2. The maximum Gasteiger partial charge on any atom is 0.258 e.